The van der Waals surface area contributed by atoms with Crippen molar-refractivity contribution >= 4 is 21.4 Å². The number of hydrogen-bond acceptors (Lipinski definition) is 5. The van der Waals surface area contributed by atoms with Gasteiger partial charge in [0.05, 0.1) is 12.1 Å². The molecule has 0 aliphatic heterocycles. The molecule has 8 nitrogen and oxygen atoms in total. The molecule has 0 atom stereocenters. The van der Waals surface area contributed by atoms with Gasteiger partial charge in [-0.2, -0.15) is 9.40 Å². The summed E-state index contributed by atoms with van der Waals surface area (Å²) < 4.78 is 32.3. The van der Waals surface area contributed by atoms with Crippen molar-refractivity contribution in [2.45, 2.75) is 5.03 Å². The summed E-state index contributed by atoms with van der Waals surface area (Å²) in [6.45, 7) is 0.375. The zero-order chi connectivity index (χ0) is 15.6. The lowest BCUT2D eigenvalue weighted by molar-refractivity contribution is 0.0998. The number of amides is 1. The summed E-state index contributed by atoms with van der Waals surface area (Å²) in [4.78, 5) is 11.6. The van der Waals surface area contributed by atoms with Crippen molar-refractivity contribution in [3.8, 4) is 0 Å². The number of primary amides is 1. The maximum Gasteiger partial charge on any atom is 0.263 e. The fourth-order valence-electron chi connectivity index (χ4n) is 1.88. The molecule has 0 aliphatic rings. The standard InChI is InChI=1S/C12H16N4O4S/c1-15(7-8-20-2)21(18,19)12-10(11(13)17)9-5-3-4-6-16(9)14-12/h3-6H,7-8H2,1-2H3,(H2,13,17). The molecule has 2 N–H and O–H groups in total. The second-order valence-electron chi connectivity index (χ2n) is 4.39. The fraction of sp³-hybridized carbons (Fsp3) is 0.333. The minimum Gasteiger partial charge on any atom is -0.383 e. The fourth-order valence-corrected chi connectivity index (χ4v) is 3.14. The number of fused-ring (bicyclic) bond motifs is 1. The molecule has 21 heavy (non-hydrogen) atoms. The van der Waals surface area contributed by atoms with Crippen LogP contribution in [0.3, 0.4) is 0 Å². The Labute approximate surface area is 122 Å². The molecule has 2 aromatic heterocycles. The summed E-state index contributed by atoms with van der Waals surface area (Å²) in [6, 6.07) is 4.94. The van der Waals surface area contributed by atoms with Crippen molar-refractivity contribution in [1.82, 2.24) is 13.9 Å². The number of carbonyl (C=O) groups excluding carboxylic acids is 1. The van der Waals surface area contributed by atoms with Crippen LogP contribution < -0.4 is 5.73 Å². The van der Waals surface area contributed by atoms with E-state index < -0.39 is 15.9 Å². The van der Waals surface area contributed by atoms with Crippen LogP contribution in [0.4, 0.5) is 0 Å². The minimum absolute atomic E-state index is 0.111. The normalized spacial score (nSPS) is 12.1. The van der Waals surface area contributed by atoms with Crippen molar-refractivity contribution in [2.24, 2.45) is 5.73 Å². The lowest BCUT2D eigenvalue weighted by atomic mass is 10.2. The van der Waals surface area contributed by atoms with E-state index in [4.69, 9.17) is 10.5 Å². The predicted octanol–water partition coefficient (Wildman–Crippen LogP) is -0.300. The van der Waals surface area contributed by atoms with Crippen molar-refractivity contribution in [3.63, 3.8) is 0 Å². The van der Waals surface area contributed by atoms with Crippen LogP contribution in [0.25, 0.3) is 5.52 Å². The molecule has 2 aromatic rings. The van der Waals surface area contributed by atoms with Crippen LogP contribution in [-0.2, 0) is 14.8 Å². The van der Waals surface area contributed by atoms with E-state index in [1.807, 2.05) is 0 Å². The predicted molar refractivity (Wildman–Crippen MR) is 75.4 cm³/mol. The number of nitrogens with two attached hydrogens (primary N) is 1. The third kappa shape index (κ3) is 2.75. The van der Waals surface area contributed by atoms with E-state index in [9.17, 15) is 13.2 Å². The van der Waals surface area contributed by atoms with Crippen molar-refractivity contribution in [2.75, 3.05) is 27.3 Å². The third-order valence-electron chi connectivity index (χ3n) is 3.02. The summed E-state index contributed by atoms with van der Waals surface area (Å²) in [7, 11) is -1.06. The van der Waals surface area contributed by atoms with Crippen molar-refractivity contribution < 1.29 is 17.9 Å². The van der Waals surface area contributed by atoms with Crippen LogP contribution in [0.2, 0.25) is 0 Å². The van der Waals surface area contributed by atoms with Gasteiger partial charge in [-0.05, 0) is 12.1 Å². The molecule has 0 aliphatic carbocycles. The average molecular weight is 312 g/mol. The first-order valence-electron chi connectivity index (χ1n) is 6.12. The van der Waals surface area contributed by atoms with E-state index in [2.05, 4.69) is 5.10 Å². The van der Waals surface area contributed by atoms with E-state index in [1.54, 1.807) is 24.4 Å². The molecule has 0 saturated heterocycles. The van der Waals surface area contributed by atoms with Crippen LogP contribution in [0, 0.1) is 0 Å². The molecule has 2 heterocycles. The van der Waals surface area contributed by atoms with E-state index in [0.717, 1.165) is 4.31 Å². The lowest BCUT2D eigenvalue weighted by Crippen LogP contribution is -2.32. The van der Waals surface area contributed by atoms with Crippen LogP contribution in [0.5, 0.6) is 0 Å². The quantitative estimate of drug-likeness (QED) is 0.788. The topological polar surface area (TPSA) is 107 Å². The Morgan fingerprint density at radius 2 is 2.19 bits per heavy atom. The Balaban J connectivity index is 2.60. The Morgan fingerprint density at radius 3 is 2.81 bits per heavy atom. The maximum atomic E-state index is 12.5. The lowest BCUT2D eigenvalue weighted by Gasteiger charge is -2.15. The summed E-state index contributed by atoms with van der Waals surface area (Å²) in [5, 5.41) is 3.63. The van der Waals surface area contributed by atoms with E-state index >= 15 is 0 Å². The van der Waals surface area contributed by atoms with Gasteiger partial charge >= 0.3 is 0 Å². The largest absolute Gasteiger partial charge is 0.383 e. The van der Waals surface area contributed by atoms with Crippen molar-refractivity contribution in [1.29, 1.82) is 0 Å². The van der Waals surface area contributed by atoms with E-state index in [1.165, 1.54) is 18.7 Å². The zero-order valence-corrected chi connectivity index (χ0v) is 12.5. The first-order chi connectivity index (χ1) is 9.89. The summed E-state index contributed by atoms with van der Waals surface area (Å²) in [5.41, 5.74) is 5.56. The van der Waals surface area contributed by atoms with Gasteiger partial charge in [-0.15, -0.1) is 0 Å². The number of methoxy groups -OCH3 is 1. The summed E-state index contributed by atoms with van der Waals surface area (Å²) in [6.07, 6.45) is 1.55. The molecule has 0 unspecified atom stereocenters. The molecule has 0 bridgehead atoms. The van der Waals surface area contributed by atoms with Gasteiger partial charge in [0.2, 0.25) is 5.03 Å². The number of carbonyl (C=O) groups is 1. The molecular weight excluding hydrogens is 296 g/mol. The number of likely N-dealkylation sites (N-methyl/N-ethyl adjacent to an activating group) is 1. The van der Waals surface area contributed by atoms with Gasteiger partial charge in [-0.25, -0.2) is 12.9 Å². The van der Waals surface area contributed by atoms with Gasteiger partial charge < -0.3 is 10.5 Å². The summed E-state index contributed by atoms with van der Waals surface area (Å²) in [5.74, 6) is -0.838. The zero-order valence-electron chi connectivity index (χ0n) is 11.7. The highest BCUT2D eigenvalue weighted by atomic mass is 32.2. The Hall–Kier alpha value is -1.97. The molecule has 0 radical (unpaired) electrons. The molecule has 0 saturated carbocycles. The number of aromatic nitrogens is 2. The smallest absolute Gasteiger partial charge is 0.263 e. The third-order valence-corrected chi connectivity index (χ3v) is 4.80. The van der Waals surface area contributed by atoms with Crippen LogP contribution in [0.15, 0.2) is 29.4 Å². The van der Waals surface area contributed by atoms with Gasteiger partial charge in [0.15, 0.2) is 0 Å². The highest BCUT2D eigenvalue weighted by Crippen LogP contribution is 2.22. The van der Waals surface area contributed by atoms with Crippen LogP contribution in [0.1, 0.15) is 10.4 Å². The molecule has 114 valence electrons. The molecule has 2 rings (SSSR count). The number of ether oxygens (including phenoxy) is 1. The number of nitrogens with zero attached hydrogens (tertiary/aromatic N) is 3. The molecular formula is C12H16N4O4S. The van der Waals surface area contributed by atoms with E-state index in [0.29, 0.717) is 5.52 Å². The number of rotatable bonds is 6. The first kappa shape index (κ1) is 15.4. The Morgan fingerprint density at radius 1 is 1.48 bits per heavy atom. The maximum absolute atomic E-state index is 12.5. The Kier molecular flexibility index (Phi) is 4.26. The van der Waals surface area contributed by atoms with Gasteiger partial charge in [0.1, 0.15) is 5.56 Å². The number of sulfonamides is 1. The Bertz CT molecular complexity index is 769. The van der Waals surface area contributed by atoms with Gasteiger partial charge in [-0.1, -0.05) is 6.07 Å². The van der Waals surface area contributed by atoms with Gasteiger partial charge in [0.25, 0.3) is 15.9 Å². The highest BCUT2D eigenvalue weighted by molar-refractivity contribution is 7.89. The molecule has 0 aromatic carbocycles. The summed E-state index contributed by atoms with van der Waals surface area (Å²) >= 11 is 0. The molecule has 0 spiro atoms. The SMILES string of the molecule is COCCN(C)S(=O)(=O)c1nn2ccccc2c1C(N)=O. The monoisotopic (exact) mass is 312 g/mol. The number of pyridine rings is 1. The molecule has 9 heteroatoms. The second kappa shape index (κ2) is 5.80. The van der Waals surface area contributed by atoms with Crippen LogP contribution >= 0.6 is 0 Å². The van der Waals surface area contributed by atoms with Gasteiger partial charge in [0, 0.05) is 26.9 Å². The van der Waals surface area contributed by atoms with Crippen molar-refractivity contribution in [3.05, 3.63) is 30.0 Å². The van der Waals surface area contributed by atoms with Crippen LogP contribution in [-0.4, -0.2) is 55.6 Å². The van der Waals surface area contributed by atoms with Gasteiger partial charge in [-0.3, -0.25) is 4.79 Å². The highest BCUT2D eigenvalue weighted by Gasteiger charge is 2.31. The average Bonchev–Trinajstić information content (AvgIpc) is 2.84. The second-order valence-corrected chi connectivity index (χ2v) is 6.35. The minimum atomic E-state index is -3.93. The molecule has 1 amide bonds. The van der Waals surface area contributed by atoms with E-state index in [-0.39, 0.29) is 23.7 Å². The first-order valence-corrected chi connectivity index (χ1v) is 7.56. The molecule has 0 fully saturated rings. The number of hydrogen-bond donors (Lipinski definition) is 1.